The first-order valence-corrected chi connectivity index (χ1v) is 15.0. The molecule has 3 heterocycles. The Kier molecular flexibility index (Phi) is 13.6. The number of ketones is 2. The number of aromatic nitrogens is 3. The van der Waals surface area contributed by atoms with Crippen molar-refractivity contribution in [1.29, 1.82) is 0 Å². The molecule has 0 spiro atoms. The highest BCUT2D eigenvalue weighted by atomic mass is 16.5. The second-order valence-electron chi connectivity index (χ2n) is 10.9. The molecule has 44 heavy (non-hydrogen) atoms. The zero-order chi connectivity index (χ0) is 32.1. The van der Waals surface area contributed by atoms with E-state index in [-0.39, 0.29) is 11.6 Å². The summed E-state index contributed by atoms with van der Waals surface area (Å²) in [4.78, 5) is 31.3. The van der Waals surface area contributed by atoms with Crippen molar-refractivity contribution in [2.75, 3.05) is 27.3 Å². The van der Waals surface area contributed by atoms with Crippen LogP contribution >= 0.6 is 0 Å². The van der Waals surface area contributed by atoms with E-state index >= 15 is 0 Å². The largest absolute Gasteiger partial charge is 0.481 e. The highest BCUT2D eigenvalue weighted by Crippen LogP contribution is 2.26. The summed E-state index contributed by atoms with van der Waals surface area (Å²) < 4.78 is 25.3. The minimum Gasteiger partial charge on any atom is -0.481 e. The maximum absolute atomic E-state index is 11.1. The van der Waals surface area contributed by atoms with Crippen LogP contribution in [0.3, 0.4) is 0 Å². The van der Waals surface area contributed by atoms with Crippen molar-refractivity contribution in [3.05, 3.63) is 57.9 Å². The molecule has 0 aromatic carbocycles. The summed E-state index contributed by atoms with van der Waals surface area (Å²) in [5, 5.41) is 6.66. The van der Waals surface area contributed by atoms with Gasteiger partial charge in [0, 0.05) is 56.2 Å². The van der Waals surface area contributed by atoms with Crippen LogP contribution in [0.15, 0.2) is 24.3 Å². The number of methoxy groups -OCH3 is 2. The molecule has 0 aliphatic rings. The van der Waals surface area contributed by atoms with E-state index in [9.17, 15) is 9.59 Å². The number of carbonyl (C=O) groups excluding carboxylic acids is 2. The Bertz CT molecular complexity index is 1300. The Morgan fingerprint density at radius 3 is 1.50 bits per heavy atom. The van der Waals surface area contributed by atoms with E-state index in [0.29, 0.717) is 62.7 Å². The number of rotatable bonds is 20. The van der Waals surface area contributed by atoms with Crippen molar-refractivity contribution in [1.82, 2.24) is 25.2 Å². The fraction of sp³-hybridized carbons (Fsp3) is 0.515. The minimum atomic E-state index is 0.197. The molecule has 0 saturated carbocycles. The van der Waals surface area contributed by atoms with Crippen LogP contribution in [0, 0.1) is 13.8 Å². The maximum atomic E-state index is 11.1. The molecule has 0 radical (unpaired) electrons. The van der Waals surface area contributed by atoms with Crippen LogP contribution in [-0.4, -0.2) is 53.4 Å². The number of pyridine rings is 2. The van der Waals surface area contributed by atoms with Crippen LogP contribution < -0.4 is 29.6 Å². The Balaban J connectivity index is 1.59. The third-order valence-electron chi connectivity index (χ3n) is 7.56. The summed E-state index contributed by atoms with van der Waals surface area (Å²) in [6.07, 6.45) is 2.74. The van der Waals surface area contributed by atoms with Gasteiger partial charge in [0.2, 0.25) is 23.5 Å². The second-order valence-corrected chi connectivity index (χ2v) is 10.9. The lowest BCUT2D eigenvalue weighted by molar-refractivity contribution is -0.117. The molecule has 0 aliphatic heterocycles. The van der Waals surface area contributed by atoms with Crippen LogP contribution in [0.5, 0.6) is 23.5 Å². The SMILES string of the molecule is COc1nc(OCc2c(C)c(C)c(COc3ccc(CNCCCC(C)=O)c(OC)n3)n2C)ccc1CNCCCC(C)=O. The number of hydrogen-bond acceptors (Lipinski definition) is 10. The first-order chi connectivity index (χ1) is 21.1. The molecule has 0 saturated heterocycles. The van der Waals surface area contributed by atoms with Gasteiger partial charge in [0.05, 0.1) is 25.6 Å². The molecular formula is C33H47N5O6. The van der Waals surface area contributed by atoms with Crippen molar-refractivity contribution in [2.24, 2.45) is 7.05 Å². The molecule has 11 nitrogen and oxygen atoms in total. The molecule has 0 amide bonds. The van der Waals surface area contributed by atoms with Gasteiger partial charge in [-0.3, -0.25) is 0 Å². The van der Waals surface area contributed by atoms with Crippen molar-refractivity contribution in [3.8, 4) is 23.5 Å². The third kappa shape index (κ3) is 10.1. The molecule has 2 N–H and O–H groups in total. The average Bonchev–Trinajstić information content (AvgIpc) is 3.20. The first-order valence-electron chi connectivity index (χ1n) is 15.0. The number of carbonyl (C=O) groups is 2. The quantitative estimate of drug-likeness (QED) is 0.177. The first kappa shape index (κ1) is 34.5. The van der Waals surface area contributed by atoms with Gasteiger partial charge >= 0.3 is 0 Å². The summed E-state index contributed by atoms with van der Waals surface area (Å²) in [7, 11) is 5.19. The van der Waals surface area contributed by atoms with E-state index in [2.05, 4.69) is 39.0 Å². The van der Waals surface area contributed by atoms with Gasteiger partial charge in [-0.2, -0.15) is 9.97 Å². The predicted octanol–water partition coefficient (Wildman–Crippen LogP) is 4.52. The molecule has 0 bridgehead atoms. The number of hydrogen-bond donors (Lipinski definition) is 2. The van der Waals surface area contributed by atoms with Gasteiger partial charge in [-0.25, -0.2) is 0 Å². The summed E-state index contributed by atoms with van der Waals surface area (Å²) >= 11 is 0. The molecule has 240 valence electrons. The topological polar surface area (TPSA) is 126 Å². The standard InChI is InChI=1S/C33H47N5O6/c1-22(39)10-8-16-34-18-26-12-14-30(36-32(26)41-6)43-20-28-24(3)25(4)29(38(28)5)21-44-31-15-13-27(33(37-31)42-7)19-35-17-9-11-23(2)40/h12-15,34-35H,8-11,16-21H2,1-7H3. The van der Waals surface area contributed by atoms with Crippen LogP contribution in [0.1, 0.15) is 73.2 Å². The summed E-state index contributed by atoms with van der Waals surface area (Å²) in [5.41, 5.74) is 6.14. The highest BCUT2D eigenvalue weighted by Gasteiger charge is 2.18. The smallest absolute Gasteiger partial charge is 0.220 e. The van der Waals surface area contributed by atoms with Crippen molar-refractivity contribution < 1.29 is 28.5 Å². The van der Waals surface area contributed by atoms with E-state index in [1.165, 1.54) is 0 Å². The number of nitrogens with zero attached hydrogens (tertiary/aromatic N) is 3. The Hall–Kier alpha value is -3.96. The van der Waals surface area contributed by atoms with E-state index < -0.39 is 0 Å². The van der Waals surface area contributed by atoms with E-state index in [0.717, 1.165) is 59.6 Å². The summed E-state index contributed by atoms with van der Waals surface area (Å²) in [6.45, 7) is 10.7. The van der Waals surface area contributed by atoms with Gasteiger partial charge in [0.15, 0.2) is 0 Å². The van der Waals surface area contributed by atoms with E-state index in [1.54, 1.807) is 28.1 Å². The molecular weight excluding hydrogens is 562 g/mol. The Labute approximate surface area is 260 Å². The lowest BCUT2D eigenvalue weighted by Crippen LogP contribution is -2.16. The van der Waals surface area contributed by atoms with Crippen LogP contribution in [0.25, 0.3) is 0 Å². The molecule has 0 unspecified atom stereocenters. The fourth-order valence-electron chi connectivity index (χ4n) is 4.85. The van der Waals surface area contributed by atoms with Crippen LogP contribution in [0.4, 0.5) is 0 Å². The number of nitrogens with one attached hydrogen (secondary N) is 2. The lowest BCUT2D eigenvalue weighted by atomic mass is 10.1. The van der Waals surface area contributed by atoms with Crippen LogP contribution in [-0.2, 0) is 42.9 Å². The van der Waals surface area contributed by atoms with Gasteiger partial charge < -0.3 is 43.7 Å². The van der Waals surface area contributed by atoms with Gasteiger partial charge in [0.1, 0.15) is 24.8 Å². The molecule has 0 atom stereocenters. The highest BCUT2D eigenvalue weighted by molar-refractivity contribution is 5.75. The molecule has 3 aromatic rings. The zero-order valence-electron chi connectivity index (χ0n) is 27.2. The summed E-state index contributed by atoms with van der Waals surface area (Å²) in [6, 6.07) is 7.57. The molecule has 3 rings (SSSR count). The predicted molar refractivity (Wildman–Crippen MR) is 168 cm³/mol. The van der Waals surface area contributed by atoms with Gasteiger partial charge in [-0.05, 0) is 76.9 Å². The van der Waals surface area contributed by atoms with Gasteiger partial charge in [-0.1, -0.05) is 0 Å². The van der Waals surface area contributed by atoms with Gasteiger partial charge in [-0.15, -0.1) is 0 Å². The normalized spacial score (nSPS) is 11.0. The monoisotopic (exact) mass is 609 g/mol. The van der Waals surface area contributed by atoms with Crippen molar-refractivity contribution in [2.45, 2.75) is 79.7 Å². The molecule has 0 fully saturated rings. The third-order valence-corrected chi connectivity index (χ3v) is 7.56. The van der Waals surface area contributed by atoms with Gasteiger partial charge in [0.25, 0.3) is 0 Å². The lowest BCUT2D eigenvalue weighted by Gasteiger charge is -2.14. The Morgan fingerprint density at radius 2 is 1.14 bits per heavy atom. The second kappa shape index (κ2) is 17.4. The van der Waals surface area contributed by atoms with Crippen LogP contribution in [0.2, 0.25) is 0 Å². The zero-order valence-corrected chi connectivity index (χ0v) is 27.2. The van der Waals surface area contributed by atoms with Crippen molar-refractivity contribution in [3.63, 3.8) is 0 Å². The minimum absolute atomic E-state index is 0.197. The Morgan fingerprint density at radius 1 is 0.727 bits per heavy atom. The number of ether oxygens (including phenoxy) is 4. The fourth-order valence-corrected chi connectivity index (χ4v) is 4.85. The maximum Gasteiger partial charge on any atom is 0.220 e. The van der Waals surface area contributed by atoms with E-state index in [1.807, 2.05) is 31.3 Å². The molecule has 11 heteroatoms. The molecule has 3 aromatic heterocycles. The average molecular weight is 610 g/mol. The molecule has 0 aliphatic carbocycles. The van der Waals surface area contributed by atoms with Crippen molar-refractivity contribution >= 4 is 11.6 Å². The summed E-state index contributed by atoms with van der Waals surface area (Å²) in [5.74, 6) is 2.36. The number of Topliss-reactive ketones (excluding diaryl/α,β-unsaturated/α-hetero) is 2. The van der Waals surface area contributed by atoms with E-state index in [4.69, 9.17) is 18.9 Å².